The molecule has 0 bridgehead atoms. The summed E-state index contributed by atoms with van der Waals surface area (Å²) < 4.78 is 0. The number of carboxylic acids is 1. The van der Waals surface area contributed by atoms with Gasteiger partial charge in [-0.25, -0.2) is 0 Å². The van der Waals surface area contributed by atoms with Crippen molar-refractivity contribution in [1.29, 1.82) is 0 Å². The molecular formula is C10H18N2O2S. The molecule has 1 aliphatic heterocycles. The molecule has 0 aromatic rings. The first-order chi connectivity index (χ1) is 7.24. The number of carboxylic acid groups (broad SMARTS) is 1. The Morgan fingerprint density at radius 3 is 2.80 bits per heavy atom. The van der Waals surface area contributed by atoms with Crippen LogP contribution in [0.4, 0.5) is 0 Å². The van der Waals surface area contributed by atoms with Gasteiger partial charge in [-0.05, 0) is 0 Å². The number of carbonyl (C=O) groups is 1. The summed E-state index contributed by atoms with van der Waals surface area (Å²) in [7, 11) is 0. The van der Waals surface area contributed by atoms with Crippen LogP contribution in [0.2, 0.25) is 0 Å². The van der Waals surface area contributed by atoms with Crippen molar-refractivity contribution in [2.24, 2.45) is 0 Å². The Kier molecular flexibility index (Phi) is 5.75. The zero-order valence-corrected chi connectivity index (χ0v) is 9.63. The van der Waals surface area contributed by atoms with E-state index < -0.39 is 12.0 Å². The van der Waals surface area contributed by atoms with Crippen LogP contribution in [0.15, 0.2) is 12.7 Å². The Bertz CT molecular complexity index is 217. The molecule has 1 saturated heterocycles. The van der Waals surface area contributed by atoms with Crippen molar-refractivity contribution in [2.45, 2.75) is 6.04 Å². The van der Waals surface area contributed by atoms with Crippen molar-refractivity contribution < 1.29 is 9.90 Å². The van der Waals surface area contributed by atoms with Crippen molar-refractivity contribution in [3.05, 3.63) is 12.7 Å². The first-order valence-corrected chi connectivity index (χ1v) is 6.28. The minimum atomic E-state index is -0.862. The van der Waals surface area contributed by atoms with E-state index in [1.807, 2.05) is 11.8 Å². The molecule has 15 heavy (non-hydrogen) atoms. The Balaban J connectivity index is 2.13. The molecule has 1 atom stereocenters. The summed E-state index contributed by atoms with van der Waals surface area (Å²) in [6.07, 6.45) is 1.42. The van der Waals surface area contributed by atoms with Crippen LogP contribution >= 0.6 is 11.8 Å². The van der Waals surface area contributed by atoms with E-state index in [9.17, 15) is 4.79 Å². The molecule has 1 rings (SSSR count). The van der Waals surface area contributed by atoms with Gasteiger partial charge in [-0.3, -0.25) is 10.1 Å². The van der Waals surface area contributed by atoms with Crippen LogP contribution in [0.5, 0.6) is 0 Å². The van der Waals surface area contributed by atoms with Gasteiger partial charge < -0.3 is 10.0 Å². The molecule has 0 radical (unpaired) electrons. The maximum absolute atomic E-state index is 10.7. The van der Waals surface area contributed by atoms with Crippen LogP contribution in [-0.4, -0.2) is 59.7 Å². The Hall–Kier alpha value is -0.520. The van der Waals surface area contributed by atoms with Crippen LogP contribution in [-0.2, 0) is 4.79 Å². The van der Waals surface area contributed by atoms with Crippen molar-refractivity contribution in [3.63, 3.8) is 0 Å². The number of aliphatic carboxylic acids is 1. The van der Waals surface area contributed by atoms with Crippen molar-refractivity contribution in [2.75, 3.05) is 37.7 Å². The van der Waals surface area contributed by atoms with E-state index in [0.29, 0.717) is 6.54 Å². The molecule has 4 nitrogen and oxygen atoms in total. The zero-order valence-electron chi connectivity index (χ0n) is 8.82. The molecule has 0 amide bonds. The maximum Gasteiger partial charge on any atom is 0.324 e. The summed E-state index contributed by atoms with van der Waals surface area (Å²) in [5, 5.41) is 11.7. The molecule has 0 spiro atoms. The summed E-state index contributed by atoms with van der Waals surface area (Å²) in [5.74, 6) is 1.51. The highest BCUT2D eigenvalue weighted by molar-refractivity contribution is 7.99. The van der Waals surface area contributed by atoms with Gasteiger partial charge in [-0.1, -0.05) is 6.08 Å². The van der Waals surface area contributed by atoms with Gasteiger partial charge in [-0.15, -0.1) is 6.58 Å². The van der Waals surface area contributed by atoms with E-state index in [2.05, 4.69) is 16.8 Å². The largest absolute Gasteiger partial charge is 0.480 e. The second-order valence-corrected chi connectivity index (χ2v) is 4.68. The van der Waals surface area contributed by atoms with E-state index in [4.69, 9.17) is 5.11 Å². The monoisotopic (exact) mass is 230 g/mol. The van der Waals surface area contributed by atoms with Gasteiger partial charge in [0.2, 0.25) is 0 Å². The predicted molar refractivity (Wildman–Crippen MR) is 63.4 cm³/mol. The van der Waals surface area contributed by atoms with Crippen LogP contribution < -0.4 is 5.32 Å². The standard InChI is InChI=1S/C10H18N2O2S/c1-2-9(10(13)14)11-3-4-12-5-7-15-8-6-12/h2,9,11H,1,3-8H2,(H,13,14). The van der Waals surface area contributed by atoms with Crippen LogP contribution in [0.1, 0.15) is 0 Å². The third-order valence-electron chi connectivity index (χ3n) is 2.40. The SMILES string of the molecule is C=CC(NCCN1CCSCC1)C(=O)O. The highest BCUT2D eigenvalue weighted by Gasteiger charge is 2.13. The normalized spacial score (nSPS) is 19.7. The fraction of sp³-hybridized carbons (Fsp3) is 0.700. The molecule has 2 N–H and O–H groups in total. The third kappa shape index (κ3) is 4.68. The molecule has 5 heteroatoms. The first-order valence-electron chi connectivity index (χ1n) is 5.13. The molecule has 0 aromatic carbocycles. The van der Waals surface area contributed by atoms with E-state index >= 15 is 0 Å². The maximum atomic E-state index is 10.7. The number of nitrogens with one attached hydrogen (secondary N) is 1. The van der Waals surface area contributed by atoms with Gasteiger partial charge >= 0.3 is 5.97 Å². The zero-order chi connectivity index (χ0) is 11.1. The minimum absolute atomic E-state index is 0.621. The van der Waals surface area contributed by atoms with E-state index in [1.54, 1.807) is 0 Å². The molecule has 1 heterocycles. The van der Waals surface area contributed by atoms with Crippen molar-refractivity contribution in [3.8, 4) is 0 Å². The van der Waals surface area contributed by atoms with Gasteiger partial charge in [0, 0.05) is 37.7 Å². The lowest BCUT2D eigenvalue weighted by molar-refractivity contribution is -0.138. The first kappa shape index (κ1) is 12.5. The average molecular weight is 230 g/mol. The Morgan fingerprint density at radius 1 is 1.60 bits per heavy atom. The molecular weight excluding hydrogens is 212 g/mol. The van der Waals surface area contributed by atoms with E-state index in [0.717, 1.165) is 19.6 Å². The summed E-state index contributed by atoms with van der Waals surface area (Å²) in [5.41, 5.74) is 0. The third-order valence-corrected chi connectivity index (χ3v) is 3.34. The molecule has 0 saturated carbocycles. The van der Waals surface area contributed by atoms with Gasteiger partial charge in [-0.2, -0.15) is 11.8 Å². The molecule has 0 aromatic heterocycles. The summed E-state index contributed by atoms with van der Waals surface area (Å²) >= 11 is 1.98. The lowest BCUT2D eigenvalue weighted by atomic mass is 10.3. The Labute approximate surface area is 94.7 Å². The Morgan fingerprint density at radius 2 is 2.27 bits per heavy atom. The number of hydrogen-bond acceptors (Lipinski definition) is 4. The average Bonchev–Trinajstić information content (AvgIpc) is 2.25. The minimum Gasteiger partial charge on any atom is -0.480 e. The topological polar surface area (TPSA) is 52.6 Å². The lowest BCUT2D eigenvalue weighted by Gasteiger charge is -2.26. The van der Waals surface area contributed by atoms with Crippen LogP contribution in [0, 0.1) is 0 Å². The second kappa shape index (κ2) is 6.87. The van der Waals surface area contributed by atoms with E-state index in [-0.39, 0.29) is 0 Å². The molecule has 1 unspecified atom stereocenters. The smallest absolute Gasteiger partial charge is 0.324 e. The lowest BCUT2D eigenvalue weighted by Crippen LogP contribution is -2.42. The van der Waals surface area contributed by atoms with E-state index in [1.165, 1.54) is 17.6 Å². The summed E-state index contributed by atoms with van der Waals surface area (Å²) in [6, 6.07) is -0.621. The van der Waals surface area contributed by atoms with Crippen molar-refractivity contribution >= 4 is 17.7 Å². The van der Waals surface area contributed by atoms with Crippen molar-refractivity contribution in [1.82, 2.24) is 10.2 Å². The summed E-state index contributed by atoms with van der Waals surface area (Å²) in [4.78, 5) is 13.0. The number of thioether (sulfide) groups is 1. The van der Waals surface area contributed by atoms with Crippen LogP contribution in [0.3, 0.4) is 0 Å². The quantitative estimate of drug-likeness (QED) is 0.641. The number of rotatable bonds is 6. The molecule has 86 valence electrons. The second-order valence-electron chi connectivity index (χ2n) is 3.46. The fourth-order valence-electron chi connectivity index (χ4n) is 1.47. The van der Waals surface area contributed by atoms with Gasteiger partial charge in [0.15, 0.2) is 0 Å². The highest BCUT2D eigenvalue weighted by atomic mass is 32.2. The molecule has 1 fully saturated rings. The van der Waals surface area contributed by atoms with Crippen LogP contribution in [0.25, 0.3) is 0 Å². The molecule has 0 aliphatic carbocycles. The highest BCUT2D eigenvalue weighted by Crippen LogP contribution is 2.07. The van der Waals surface area contributed by atoms with Gasteiger partial charge in [0.25, 0.3) is 0 Å². The number of nitrogens with zero attached hydrogens (tertiary/aromatic N) is 1. The molecule has 1 aliphatic rings. The van der Waals surface area contributed by atoms with Gasteiger partial charge in [0.1, 0.15) is 6.04 Å². The van der Waals surface area contributed by atoms with Gasteiger partial charge in [0.05, 0.1) is 0 Å². The predicted octanol–water partition coefficient (Wildman–Crippen LogP) is 0.264. The number of hydrogen-bond donors (Lipinski definition) is 2. The fourth-order valence-corrected chi connectivity index (χ4v) is 2.45. The summed E-state index contributed by atoms with van der Waals surface area (Å²) in [6.45, 7) is 7.32.